The van der Waals surface area contributed by atoms with Crippen molar-refractivity contribution in [1.82, 2.24) is 10.2 Å². The van der Waals surface area contributed by atoms with E-state index in [9.17, 15) is 18.0 Å². The third kappa shape index (κ3) is 8.03. The second kappa shape index (κ2) is 14.3. The number of hydrogen-bond donors (Lipinski definition) is 1. The first kappa shape index (κ1) is 33.1. The highest BCUT2D eigenvalue weighted by Crippen LogP contribution is 2.31. The van der Waals surface area contributed by atoms with E-state index >= 15 is 0 Å². The minimum atomic E-state index is -4.23. The number of carbonyl (C=O) groups excluding carboxylic acids is 2. The summed E-state index contributed by atoms with van der Waals surface area (Å²) < 4.78 is 34.9. The van der Waals surface area contributed by atoms with E-state index in [4.69, 9.17) is 27.9 Å². The zero-order valence-corrected chi connectivity index (χ0v) is 28.1. The number of aryl methyl sites for hydroxylation is 1. The Labute approximate surface area is 271 Å². The van der Waals surface area contributed by atoms with Gasteiger partial charge in [0.25, 0.3) is 10.0 Å². The van der Waals surface area contributed by atoms with Crippen LogP contribution in [0.15, 0.2) is 70.0 Å². The van der Waals surface area contributed by atoms with Crippen molar-refractivity contribution in [1.29, 1.82) is 0 Å². The number of halogens is 3. The lowest BCUT2D eigenvalue weighted by Gasteiger charge is -2.32. The van der Waals surface area contributed by atoms with Crippen molar-refractivity contribution in [2.24, 2.45) is 0 Å². The van der Waals surface area contributed by atoms with Gasteiger partial charge in [-0.15, -0.1) is 0 Å². The van der Waals surface area contributed by atoms with Crippen LogP contribution in [0, 0.1) is 6.92 Å². The average Bonchev–Trinajstić information content (AvgIpc) is 3.49. The Balaban J connectivity index is 1.71. The molecule has 3 aromatic carbocycles. The van der Waals surface area contributed by atoms with E-state index in [1.807, 2.05) is 6.92 Å². The summed E-state index contributed by atoms with van der Waals surface area (Å²) in [7, 11) is -2.75. The van der Waals surface area contributed by atoms with Gasteiger partial charge in [0.05, 0.1) is 32.2 Å². The maximum atomic E-state index is 14.1. The molecular weight excluding hydrogens is 677 g/mol. The van der Waals surface area contributed by atoms with Gasteiger partial charge in [0.15, 0.2) is 0 Å². The predicted octanol–water partition coefficient (Wildman–Crippen LogP) is 6.74. The molecule has 1 N–H and O–H groups in total. The van der Waals surface area contributed by atoms with Crippen LogP contribution in [0.25, 0.3) is 0 Å². The second-order valence-electron chi connectivity index (χ2n) is 10.6. The number of nitrogens with one attached hydrogen (secondary N) is 1. The number of carbonyl (C=O) groups is 2. The molecule has 0 saturated heterocycles. The van der Waals surface area contributed by atoms with Crippen molar-refractivity contribution in [3.05, 3.63) is 86.3 Å². The number of hydrogen-bond acceptors (Lipinski definition) is 5. The highest BCUT2D eigenvalue weighted by atomic mass is 79.9. The number of sulfonamides is 1. The third-order valence-corrected chi connectivity index (χ3v) is 10.6. The Hall–Kier alpha value is -2.79. The summed E-state index contributed by atoms with van der Waals surface area (Å²) in [5, 5.41) is 3.72. The van der Waals surface area contributed by atoms with Gasteiger partial charge in [-0.1, -0.05) is 59.8 Å². The molecule has 1 aliphatic carbocycles. The van der Waals surface area contributed by atoms with Gasteiger partial charge in [-0.05, 0) is 90.6 Å². The number of ether oxygens (including phenoxy) is 1. The van der Waals surface area contributed by atoms with Gasteiger partial charge in [0, 0.05) is 12.6 Å². The van der Waals surface area contributed by atoms with Crippen molar-refractivity contribution in [2.75, 3.05) is 18.0 Å². The van der Waals surface area contributed by atoms with Crippen LogP contribution in [-0.4, -0.2) is 50.9 Å². The van der Waals surface area contributed by atoms with Crippen molar-refractivity contribution in [3.63, 3.8) is 0 Å². The fourth-order valence-electron chi connectivity index (χ4n) is 4.98. The maximum Gasteiger partial charge on any atom is 0.264 e. The molecule has 1 fully saturated rings. The molecule has 1 aliphatic rings. The summed E-state index contributed by atoms with van der Waals surface area (Å²) >= 11 is 15.7. The topological polar surface area (TPSA) is 96.0 Å². The Bertz CT molecular complexity index is 1580. The molecule has 0 heterocycles. The molecule has 8 nitrogen and oxygen atoms in total. The van der Waals surface area contributed by atoms with E-state index in [-0.39, 0.29) is 23.4 Å². The van der Waals surface area contributed by atoms with Crippen LogP contribution in [-0.2, 0) is 26.2 Å². The van der Waals surface area contributed by atoms with Gasteiger partial charge in [0.2, 0.25) is 11.8 Å². The molecule has 230 valence electrons. The molecule has 43 heavy (non-hydrogen) atoms. The van der Waals surface area contributed by atoms with Crippen LogP contribution in [0.5, 0.6) is 5.75 Å². The van der Waals surface area contributed by atoms with Gasteiger partial charge in [-0.2, -0.15) is 0 Å². The van der Waals surface area contributed by atoms with Gasteiger partial charge < -0.3 is 15.0 Å². The number of nitrogens with zero attached hydrogens (tertiary/aromatic N) is 2. The number of benzene rings is 3. The molecule has 3 aromatic rings. The first-order valence-corrected chi connectivity index (χ1v) is 16.9. The van der Waals surface area contributed by atoms with E-state index in [1.165, 1.54) is 30.2 Å². The zero-order valence-electron chi connectivity index (χ0n) is 24.1. The molecule has 1 atom stereocenters. The molecule has 1 unspecified atom stereocenters. The Morgan fingerprint density at radius 1 is 1.02 bits per heavy atom. The molecule has 12 heteroatoms. The van der Waals surface area contributed by atoms with E-state index in [1.54, 1.807) is 49.4 Å². The first-order valence-electron chi connectivity index (χ1n) is 13.9. The summed E-state index contributed by atoms with van der Waals surface area (Å²) in [6.07, 6.45) is 3.85. The molecule has 1 saturated carbocycles. The van der Waals surface area contributed by atoms with Crippen LogP contribution in [0.2, 0.25) is 10.0 Å². The first-order chi connectivity index (χ1) is 20.4. The average molecular weight is 712 g/mol. The quantitative estimate of drug-likeness (QED) is 0.238. The van der Waals surface area contributed by atoms with Crippen LogP contribution in [0.1, 0.15) is 43.7 Å². The van der Waals surface area contributed by atoms with Gasteiger partial charge in [-0.25, -0.2) is 8.42 Å². The Morgan fingerprint density at radius 3 is 2.30 bits per heavy atom. The molecule has 0 aromatic heterocycles. The zero-order chi connectivity index (χ0) is 31.3. The normalized spacial score (nSPS) is 14.3. The molecule has 4 rings (SSSR count). The Morgan fingerprint density at radius 2 is 1.70 bits per heavy atom. The molecule has 0 bridgehead atoms. The molecule has 0 aliphatic heterocycles. The van der Waals surface area contributed by atoms with Crippen LogP contribution in [0.3, 0.4) is 0 Å². The molecule has 2 amide bonds. The van der Waals surface area contributed by atoms with E-state index < -0.39 is 28.5 Å². The second-order valence-corrected chi connectivity index (χ2v) is 14.1. The van der Waals surface area contributed by atoms with Crippen molar-refractivity contribution >= 4 is 66.7 Å². The van der Waals surface area contributed by atoms with Gasteiger partial charge >= 0.3 is 0 Å². The van der Waals surface area contributed by atoms with Crippen molar-refractivity contribution < 1.29 is 22.7 Å². The van der Waals surface area contributed by atoms with Crippen LogP contribution in [0.4, 0.5) is 5.69 Å². The molecule has 0 spiro atoms. The lowest BCUT2D eigenvalue weighted by atomic mass is 10.1. The summed E-state index contributed by atoms with van der Waals surface area (Å²) in [6, 6.07) is 15.4. The van der Waals surface area contributed by atoms with Crippen molar-refractivity contribution in [3.8, 4) is 5.75 Å². The molecule has 0 radical (unpaired) electrons. The summed E-state index contributed by atoms with van der Waals surface area (Å²) in [5.41, 5.74) is 1.88. The van der Waals surface area contributed by atoms with Crippen LogP contribution < -0.4 is 14.4 Å². The number of anilines is 1. The largest absolute Gasteiger partial charge is 0.496 e. The fraction of sp³-hybridized carbons (Fsp3) is 0.355. The SMILES string of the molecule is COc1ccc(S(=O)(=O)N(CC(=O)N(Cc2ccc(Cl)c(Cl)c2)C(C)C(=O)NC2CCCC2)c2ccc(C)cc2)cc1Br. The fourth-order valence-corrected chi connectivity index (χ4v) is 7.44. The summed E-state index contributed by atoms with van der Waals surface area (Å²) in [5.74, 6) is -0.396. The lowest BCUT2D eigenvalue weighted by molar-refractivity contribution is -0.139. The monoisotopic (exact) mass is 709 g/mol. The summed E-state index contributed by atoms with van der Waals surface area (Å²) in [4.78, 5) is 28.8. The summed E-state index contributed by atoms with van der Waals surface area (Å²) in [6.45, 7) is 3.01. The van der Waals surface area contributed by atoms with E-state index in [0.717, 1.165) is 35.6 Å². The Kier molecular flexibility index (Phi) is 11.0. The molecular formula is C31H34BrCl2N3O5S. The van der Waals surface area contributed by atoms with Crippen molar-refractivity contribution in [2.45, 2.75) is 63.1 Å². The highest BCUT2D eigenvalue weighted by molar-refractivity contribution is 9.10. The highest BCUT2D eigenvalue weighted by Gasteiger charge is 2.33. The lowest BCUT2D eigenvalue weighted by Crippen LogP contribution is -2.52. The maximum absolute atomic E-state index is 14.1. The number of rotatable bonds is 11. The predicted molar refractivity (Wildman–Crippen MR) is 173 cm³/mol. The minimum Gasteiger partial charge on any atom is -0.496 e. The van der Waals surface area contributed by atoms with Gasteiger partial charge in [-0.3, -0.25) is 13.9 Å². The number of methoxy groups -OCH3 is 1. The van der Waals surface area contributed by atoms with Crippen LogP contribution >= 0.6 is 39.1 Å². The van der Waals surface area contributed by atoms with Gasteiger partial charge in [0.1, 0.15) is 18.3 Å². The number of amides is 2. The van der Waals surface area contributed by atoms with E-state index in [0.29, 0.717) is 31.5 Å². The standard InChI is InChI=1S/C31H34BrCl2N3O5S/c1-20-8-11-24(12-9-20)37(43(40,41)25-13-15-29(42-3)26(32)17-25)19-30(38)36(18-22-10-14-27(33)28(34)16-22)21(2)31(39)35-23-6-4-5-7-23/h8-17,21,23H,4-7,18-19H2,1-3H3,(H,35,39). The van der Waals surface area contributed by atoms with E-state index in [2.05, 4.69) is 21.2 Å². The third-order valence-electron chi connectivity index (χ3n) is 7.52. The minimum absolute atomic E-state index is 0.0187. The smallest absolute Gasteiger partial charge is 0.264 e.